The van der Waals surface area contributed by atoms with Crippen LogP contribution in [-0.4, -0.2) is 76.8 Å². The van der Waals surface area contributed by atoms with Gasteiger partial charge in [0, 0.05) is 19.6 Å². The van der Waals surface area contributed by atoms with Crippen LogP contribution in [0.25, 0.3) is 0 Å². The molecule has 1 aromatic carbocycles. The van der Waals surface area contributed by atoms with Gasteiger partial charge in [-0.2, -0.15) is 0 Å². The number of nitrogens with zero attached hydrogens (tertiary/aromatic N) is 1. The molecule has 2 fully saturated rings. The van der Waals surface area contributed by atoms with Gasteiger partial charge in [0.1, 0.15) is 5.82 Å². The number of ether oxygens (including phenoxy) is 3. The summed E-state index contributed by atoms with van der Waals surface area (Å²) in [6.45, 7) is 0.495. The molecule has 1 N–H and O–H groups in total. The lowest BCUT2D eigenvalue weighted by Crippen LogP contribution is -2.51. The molecule has 8 nitrogen and oxygen atoms in total. The van der Waals surface area contributed by atoms with Gasteiger partial charge in [0.05, 0.1) is 44.3 Å². The predicted octanol–water partition coefficient (Wildman–Crippen LogP) is 2.57. The van der Waals surface area contributed by atoms with Crippen LogP contribution in [0.15, 0.2) is 18.2 Å². The Morgan fingerprint density at radius 2 is 2.00 bits per heavy atom. The molecule has 3 atom stereocenters. The molecule has 0 spiro atoms. The maximum Gasteiger partial charge on any atom is 0.410 e. The number of nitrogens with one attached hydrogen (secondary N) is 1. The highest BCUT2D eigenvalue weighted by Crippen LogP contribution is 2.37. The van der Waals surface area contributed by atoms with E-state index in [4.69, 9.17) is 14.2 Å². The van der Waals surface area contributed by atoms with E-state index in [1.165, 1.54) is 13.2 Å². The highest BCUT2D eigenvalue weighted by atomic mass is 32.2. The van der Waals surface area contributed by atoms with Crippen LogP contribution in [0.4, 0.5) is 9.18 Å². The molecule has 2 bridgehead atoms. The fraction of sp³-hybridized carbons (Fsp3) is 0.696. The Bertz CT molecular complexity index is 950. The summed E-state index contributed by atoms with van der Waals surface area (Å²) in [5.74, 6) is -0.0226. The second-order valence-corrected chi connectivity index (χ2v) is 11.1. The summed E-state index contributed by atoms with van der Waals surface area (Å²) in [7, 11) is -1.95. The Morgan fingerprint density at radius 3 is 2.70 bits per heavy atom. The molecule has 1 aromatic rings. The van der Waals surface area contributed by atoms with Gasteiger partial charge in [0.2, 0.25) is 10.0 Å². The Balaban J connectivity index is 1.62. The van der Waals surface area contributed by atoms with Gasteiger partial charge in [0.15, 0.2) is 0 Å². The lowest BCUT2D eigenvalue weighted by molar-refractivity contribution is -0.0158. The average molecular weight is 485 g/mol. The Kier molecular flexibility index (Phi) is 7.57. The van der Waals surface area contributed by atoms with Crippen molar-refractivity contribution in [3.8, 4) is 0 Å². The first-order valence-electron chi connectivity index (χ1n) is 11.6. The molecule has 10 heteroatoms. The van der Waals surface area contributed by atoms with Crippen LogP contribution in [0.5, 0.6) is 0 Å². The standard InChI is InChI=1S/C23H33FN2O6S/c1-30-13-16-12-21(25-33(2,28)29)22-14-32-17-8-6-15(7-9-17)18-4-3-5-20(24)19(18)10-11-31-23(27)26(16)22/h3-5,15-17,21-22,25H,6-14H2,1-2H3/t15?,16-,17?,21-,22-/m0/s1. The van der Waals surface area contributed by atoms with Crippen molar-refractivity contribution >= 4 is 16.1 Å². The van der Waals surface area contributed by atoms with Crippen molar-refractivity contribution in [2.24, 2.45) is 0 Å². The molecule has 0 unspecified atom stereocenters. The van der Waals surface area contributed by atoms with Crippen LogP contribution in [0.3, 0.4) is 0 Å². The van der Waals surface area contributed by atoms with Gasteiger partial charge in [0.25, 0.3) is 0 Å². The second-order valence-electron chi connectivity index (χ2n) is 9.29. The van der Waals surface area contributed by atoms with Gasteiger partial charge in [-0.25, -0.2) is 22.3 Å². The van der Waals surface area contributed by atoms with Crippen LogP contribution >= 0.6 is 0 Å². The third kappa shape index (κ3) is 5.67. The summed E-state index contributed by atoms with van der Waals surface area (Å²) in [6, 6.07) is 3.79. The van der Waals surface area contributed by atoms with E-state index in [1.54, 1.807) is 11.0 Å². The van der Waals surface area contributed by atoms with E-state index in [1.807, 2.05) is 6.07 Å². The van der Waals surface area contributed by atoms with Gasteiger partial charge in [-0.1, -0.05) is 12.1 Å². The minimum Gasteiger partial charge on any atom is -0.449 e. The third-order valence-corrected chi connectivity index (χ3v) is 7.76. The maximum absolute atomic E-state index is 14.7. The number of hydrogen-bond donors (Lipinski definition) is 1. The lowest BCUT2D eigenvalue weighted by Gasteiger charge is -2.34. The number of rotatable bonds is 4. The smallest absolute Gasteiger partial charge is 0.410 e. The first kappa shape index (κ1) is 24.4. The molecule has 33 heavy (non-hydrogen) atoms. The van der Waals surface area contributed by atoms with Crippen molar-refractivity contribution in [3.63, 3.8) is 0 Å². The Morgan fingerprint density at radius 1 is 1.24 bits per heavy atom. The minimum atomic E-state index is -3.49. The Hall–Kier alpha value is -1.75. The molecule has 0 aromatic heterocycles. The van der Waals surface area contributed by atoms with Crippen molar-refractivity contribution in [1.82, 2.24) is 9.62 Å². The highest BCUT2D eigenvalue weighted by molar-refractivity contribution is 7.88. The normalized spacial score (nSPS) is 30.9. The fourth-order valence-corrected chi connectivity index (χ4v) is 6.37. The van der Waals surface area contributed by atoms with Crippen molar-refractivity contribution < 1.29 is 31.8 Å². The van der Waals surface area contributed by atoms with E-state index >= 15 is 0 Å². The number of amides is 1. The predicted molar refractivity (Wildman–Crippen MR) is 120 cm³/mol. The molecule has 3 heterocycles. The van der Waals surface area contributed by atoms with E-state index < -0.39 is 28.2 Å². The molecule has 0 radical (unpaired) electrons. The van der Waals surface area contributed by atoms with Crippen LogP contribution in [-0.2, 0) is 30.7 Å². The molecule has 5 rings (SSSR count). The molecular formula is C23H33FN2O6S. The SMILES string of the molecule is COC[C@@H]1C[C@H](NS(C)(=O)=O)[C@@H]2COC3CCC(CC3)c3cccc(F)c3CCOC(=O)N12. The largest absolute Gasteiger partial charge is 0.449 e. The number of carbonyl (C=O) groups excluding carboxylic acids is 1. The molecule has 3 aliphatic heterocycles. The highest BCUT2D eigenvalue weighted by Gasteiger charge is 2.46. The van der Waals surface area contributed by atoms with Crippen molar-refractivity contribution in [2.45, 2.75) is 68.7 Å². The van der Waals surface area contributed by atoms with Crippen LogP contribution in [0, 0.1) is 5.82 Å². The van der Waals surface area contributed by atoms with E-state index in [0.717, 1.165) is 37.5 Å². The van der Waals surface area contributed by atoms with E-state index in [-0.39, 0.29) is 43.7 Å². The number of benzene rings is 1. The van der Waals surface area contributed by atoms with Gasteiger partial charge >= 0.3 is 6.09 Å². The number of sulfonamides is 1. The summed E-state index contributed by atoms with van der Waals surface area (Å²) >= 11 is 0. The molecule has 1 amide bonds. The summed E-state index contributed by atoms with van der Waals surface area (Å²) in [5, 5.41) is 0. The van der Waals surface area contributed by atoms with Gasteiger partial charge in [-0.15, -0.1) is 0 Å². The van der Waals surface area contributed by atoms with E-state index in [0.29, 0.717) is 18.4 Å². The zero-order valence-electron chi connectivity index (χ0n) is 19.2. The number of hydrogen-bond acceptors (Lipinski definition) is 6. The summed E-state index contributed by atoms with van der Waals surface area (Å²) in [5.41, 5.74) is 1.60. The van der Waals surface area contributed by atoms with Gasteiger partial charge in [-0.05, 0) is 55.2 Å². The van der Waals surface area contributed by atoms with Crippen molar-refractivity contribution in [1.29, 1.82) is 0 Å². The second kappa shape index (κ2) is 10.2. The summed E-state index contributed by atoms with van der Waals surface area (Å²) in [4.78, 5) is 14.7. The van der Waals surface area contributed by atoms with E-state index in [9.17, 15) is 17.6 Å². The number of methoxy groups -OCH3 is 1. The maximum atomic E-state index is 14.7. The molecular weight excluding hydrogens is 451 g/mol. The summed E-state index contributed by atoms with van der Waals surface area (Å²) in [6.07, 6.45) is 4.71. The first-order valence-corrected chi connectivity index (χ1v) is 13.5. The molecule has 4 aliphatic rings. The molecule has 1 saturated carbocycles. The van der Waals surface area contributed by atoms with Crippen LogP contribution in [0.1, 0.15) is 49.1 Å². The number of carbonyl (C=O) groups is 1. The monoisotopic (exact) mass is 484 g/mol. The van der Waals surface area contributed by atoms with Gasteiger partial charge in [-0.3, -0.25) is 4.90 Å². The Labute approximate surface area is 194 Å². The fourth-order valence-electron chi connectivity index (χ4n) is 5.56. The average Bonchev–Trinajstić information content (AvgIpc) is 3.08. The first-order chi connectivity index (χ1) is 15.8. The molecule has 1 aliphatic carbocycles. The summed E-state index contributed by atoms with van der Waals surface area (Å²) < 4.78 is 58.4. The number of halogens is 1. The topological polar surface area (TPSA) is 94.2 Å². The van der Waals surface area contributed by atoms with Crippen molar-refractivity contribution in [3.05, 3.63) is 35.1 Å². The van der Waals surface area contributed by atoms with Crippen LogP contribution in [0.2, 0.25) is 0 Å². The van der Waals surface area contributed by atoms with E-state index in [2.05, 4.69) is 4.72 Å². The quantitative estimate of drug-likeness (QED) is 0.706. The number of fused-ring (bicyclic) bond motifs is 6. The zero-order valence-corrected chi connectivity index (χ0v) is 20.0. The van der Waals surface area contributed by atoms with Gasteiger partial charge < -0.3 is 14.2 Å². The lowest BCUT2D eigenvalue weighted by atomic mass is 9.80. The molecule has 184 valence electrons. The zero-order chi connectivity index (χ0) is 23.6. The molecule has 1 saturated heterocycles. The minimum absolute atomic E-state index is 0.0134. The third-order valence-electron chi connectivity index (χ3n) is 7.03. The van der Waals surface area contributed by atoms with Crippen LogP contribution < -0.4 is 4.72 Å². The van der Waals surface area contributed by atoms with Crippen molar-refractivity contribution in [2.75, 3.05) is 33.2 Å².